The van der Waals surface area contributed by atoms with Crippen molar-refractivity contribution in [1.82, 2.24) is 0 Å². The number of nitro benzene ring substituents is 1. The van der Waals surface area contributed by atoms with Gasteiger partial charge in [0.15, 0.2) is 5.75 Å². The molecule has 0 aromatic heterocycles. The number of nitrogens with zero attached hydrogens (tertiary/aromatic N) is 1. The molecule has 2 rings (SSSR count). The first kappa shape index (κ1) is 15.9. The molecule has 0 saturated heterocycles. The van der Waals surface area contributed by atoms with Gasteiger partial charge >= 0.3 is 5.69 Å². The standard InChI is InChI=1S/C15H15ClN2O4/c1-21-14-6-3-11(16)7-10(14)9-17-12-4-5-13(18(19)20)15(8-12)22-2/h3-8,17H,9H2,1-2H3. The molecular formula is C15H15ClN2O4. The van der Waals surface area contributed by atoms with Gasteiger partial charge in [0.05, 0.1) is 19.1 Å². The maximum Gasteiger partial charge on any atom is 0.311 e. The second kappa shape index (κ2) is 7.00. The number of halogens is 1. The van der Waals surface area contributed by atoms with E-state index >= 15 is 0 Å². The number of anilines is 1. The molecule has 0 aliphatic carbocycles. The molecule has 2 aromatic carbocycles. The van der Waals surface area contributed by atoms with Crippen LogP contribution in [0.15, 0.2) is 36.4 Å². The van der Waals surface area contributed by atoms with E-state index in [4.69, 9.17) is 21.1 Å². The molecule has 0 spiro atoms. The highest BCUT2D eigenvalue weighted by molar-refractivity contribution is 6.30. The van der Waals surface area contributed by atoms with Gasteiger partial charge in [0, 0.05) is 35.0 Å². The lowest BCUT2D eigenvalue weighted by molar-refractivity contribution is -0.385. The molecule has 6 nitrogen and oxygen atoms in total. The summed E-state index contributed by atoms with van der Waals surface area (Å²) in [6.07, 6.45) is 0. The fourth-order valence-corrected chi connectivity index (χ4v) is 2.22. The Morgan fingerprint density at radius 2 is 1.86 bits per heavy atom. The highest BCUT2D eigenvalue weighted by Crippen LogP contribution is 2.30. The lowest BCUT2D eigenvalue weighted by atomic mass is 10.2. The van der Waals surface area contributed by atoms with Gasteiger partial charge in [-0.25, -0.2) is 0 Å². The Balaban J connectivity index is 2.18. The quantitative estimate of drug-likeness (QED) is 0.645. The average molecular weight is 323 g/mol. The second-order valence-electron chi connectivity index (χ2n) is 4.45. The molecule has 0 aliphatic rings. The van der Waals surface area contributed by atoms with Crippen LogP contribution in [0.4, 0.5) is 11.4 Å². The highest BCUT2D eigenvalue weighted by Gasteiger charge is 2.14. The number of nitrogens with one attached hydrogen (secondary N) is 1. The van der Waals surface area contributed by atoms with Gasteiger partial charge in [-0.05, 0) is 24.3 Å². The van der Waals surface area contributed by atoms with Gasteiger partial charge in [0.1, 0.15) is 5.75 Å². The van der Waals surface area contributed by atoms with Crippen LogP contribution in [0.1, 0.15) is 5.56 Å². The SMILES string of the molecule is COc1ccc(Cl)cc1CNc1ccc([N+](=O)[O-])c(OC)c1. The van der Waals surface area contributed by atoms with E-state index in [2.05, 4.69) is 5.32 Å². The van der Waals surface area contributed by atoms with Crippen LogP contribution in [0.25, 0.3) is 0 Å². The third-order valence-corrected chi connectivity index (χ3v) is 3.34. The molecule has 0 unspecified atom stereocenters. The van der Waals surface area contributed by atoms with Crippen LogP contribution in [-0.2, 0) is 6.54 Å². The van der Waals surface area contributed by atoms with Crippen molar-refractivity contribution >= 4 is 23.0 Å². The summed E-state index contributed by atoms with van der Waals surface area (Å²) in [7, 11) is 2.98. The van der Waals surface area contributed by atoms with E-state index in [0.717, 1.165) is 5.56 Å². The lowest BCUT2D eigenvalue weighted by Crippen LogP contribution is -2.02. The normalized spacial score (nSPS) is 10.1. The number of hydrogen-bond donors (Lipinski definition) is 1. The molecule has 22 heavy (non-hydrogen) atoms. The van der Waals surface area contributed by atoms with Crippen LogP contribution in [0.3, 0.4) is 0 Å². The molecule has 0 bridgehead atoms. The fraction of sp³-hybridized carbons (Fsp3) is 0.200. The van der Waals surface area contributed by atoms with Crippen LogP contribution < -0.4 is 14.8 Å². The van der Waals surface area contributed by atoms with Gasteiger partial charge in [0.2, 0.25) is 0 Å². The predicted octanol–water partition coefficient (Wildman–Crippen LogP) is 3.88. The molecule has 0 saturated carbocycles. The highest BCUT2D eigenvalue weighted by atomic mass is 35.5. The van der Waals surface area contributed by atoms with Crippen molar-refractivity contribution in [2.45, 2.75) is 6.54 Å². The summed E-state index contributed by atoms with van der Waals surface area (Å²) < 4.78 is 10.3. The molecule has 0 radical (unpaired) electrons. The summed E-state index contributed by atoms with van der Waals surface area (Å²) in [6.45, 7) is 0.463. The van der Waals surface area contributed by atoms with Crippen LogP contribution in [-0.4, -0.2) is 19.1 Å². The summed E-state index contributed by atoms with van der Waals surface area (Å²) in [5.41, 5.74) is 1.50. The molecule has 0 aliphatic heterocycles. The van der Waals surface area contributed by atoms with E-state index in [9.17, 15) is 10.1 Å². The summed E-state index contributed by atoms with van der Waals surface area (Å²) in [6, 6.07) is 9.94. The Hall–Kier alpha value is -2.47. The maximum absolute atomic E-state index is 10.9. The Labute approximate surface area is 132 Å². The lowest BCUT2D eigenvalue weighted by Gasteiger charge is -2.12. The number of methoxy groups -OCH3 is 2. The van der Waals surface area contributed by atoms with E-state index in [1.807, 2.05) is 0 Å². The minimum atomic E-state index is -0.484. The summed E-state index contributed by atoms with van der Waals surface area (Å²) >= 11 is 5.98. The molecular weight excluding hydrogens is 308 g/mol. The third-order valence-electron chi connectivity index (χ3n) is 3.10. The van der Waals surface area contributed by atoms with E-state index in [1.54, 1.807) is 37.4 Å². The van der Waals surface area contributed by atoms with E-state index < -0.39 is 4.92 Å². The van der Waals surface area contributed by atoms with Crippen molar-refractivity contribution in [3.05, 3.63) is 57.1 Å². The zero-order valence-corrected chi connectivity index (χ0v) is 12.9. The van der Waals surface area contributed by atoms with Crippen molar-refractivity contribution in [3.8, 4) is 11.5 Å². The molecule has 1 N–H and O–H groups in total. The van der Waals surface area contributed by atoms with Gasteiger partial charge in [-0.15, -0.1) is 0 Å². The van der Waals surface area contributed by atoms with E-state index in [1.165, 1.54) is 13.2 Å². The van der Waals surface area contributed by atoms with Crippen molar-refractivity contribution in [3.63, 3.8) is 0 Å². The Kier molecular flexibility index (Phi) is 5.06. The molecule has 2 aromatic rings. The van der Waals surface area contributed by atoms with Crippen molar-refractivity contribution in [2.75, 3.05) is 19.5 Å². The zero-order valence-electron chi connectivity index (χ0n) is 12.1. The average Bonchev–Trinajstić information content (AvgIpc) is 2.52. The zero-order chi connectivity index (χ0) is 16.1. The predicted molar refractivity (Wildman–Crippen MR) is 85.0 cm³/mol. The van der Waals surface area contributed by atoms with E-state index in [0.29, 0.717) is 23.0 Å². The number of nitro groups is 1. The first-order chi connectivity index (χ1) is 10.5. The van der Waals surface area contributed by atoms with Crippen molar-refractivity contribution < 1.29 is 14.4 Å². The van der Waals surface area contributed by atoms with Gasteiger partial charge in [-0.2, -0.15) is 0 Å². The molecule has 0 amide bonds. The summed E-state index contributed by atoms with van der Waals surface area (Å²) in [5, 5.41) is 14.6. The number of rotatable bonds is 6. The first-order valence-corrected chi connectivity index (χ1v) is 6.81. The maximum atomic E-state index is 10.9. The van der Waals surface area contributed by atoms with Crippen molar-refractivity contribution in [2.24, 2.45) is 0 Å². The minimum Gasteiger partial charge on any atom is -0.496 e. The summed E-state index contributed by atoms with van der Waals surface area (Å²) in [5.74, 6) is 0.916. The smallest absolute Gasteiger partial charge is 0.311 e. The Morgan fingerprint density at radius 1 is 1.14 bits per heavy atom. The van der Waals surface area contributed by atoms with Crippen LogP contribution in [0.2, 0.25) is 5.02 Å². The number of benzene rings is 2. The fourth-order valence-electron chi connectivity index (χ4n) is 2.02. The van der Waals surface area contributed by atoms with Crippen molar-refractivity contribution in [1.29, 1.82) is 0 Å². The van der Waals surface area contributed by atoms with Crippen LogP contribution in [0, 0.1) is 10.1 Å². The first-order valence-electron chi connectivity index (χ1n) is 6.44. The van der Waals surface area contributed by atoms with Crippen LogP contribution >= 0.6 is 11.6 Å². The molecule has 0 heterocycles. The molecule has 0 fully saturated rings. The molecule has 116 valence electrons. The summed E-state index contributed by atoms with van der Waals surface area (Å²) in [4.78, 5) is 10.4. The molecule has 0 atom stereocenters. The third kappa shape index (κ3) is 3.59. The van der Waals surface area contributed by atoms with Gasteiger partial charge in [0.25, 0.3) is 0 Å². The van der Waals surface area contributed by atoms with Gasteiger partial charge in [-0.3, -0.25) is 10.1 Å². The monoisotopic (exact) mass is 322 g/mol. The van der Waals surface area contributed by atoms with E-state index in [-0.39, 0.29) is 11.4 Å². The second-order valence-corrected chi connectivity index (χ2v) is 4.89. The number of ether oxygens (including phenoxy) is 2. The van der Waals surface area contributed by atoms with Crippen LogP contribution in [0.5, 0.6) is 11.5 Å². The topological polar surface area (TPSA) is 73.6 Å². The van der Waals surface area contributed by atoms with Gasteiger partial charge < -0.3 is 14.8 Å². The van der Waals surface area contributed by atoms with Gasteiger partial charge in [-0.1, -0.05) is 11.6 Å². The Morgan fingerprint density at radius 3 is 2.50 bits per heavy atom. The number of hydrogen-bond acceptors (Lipinski definition) is 5. The molecule has 7 heteroatoms. The Bertz CT molecular complexity index is 691. The minimum absolute atomic E-state index is 0.0756. The largest absolute Gasteiger partial charge is 0.496 e.